The minimum absolute atomic E-state index is 0.0343. The van der Waals surface area contributed by atoms with Crippen molar-refractivity contribution in [2.45, 2.75) is 12.3 Å². The average Bonchev–Trinajstić information content (AvgIpc) is 3.22. The number of likely N-dealkylation sites (tertiary alicyclic amines) is 1. The van der Waals surface area contributed by atoms with Gasteiger partial charge in [0.2, 0.25) is 0 Å². The number of anilines is 1. The fraction of sp³-hybridized carbons (Fsp3) is 0.375. The van der Waals surface area contributed by atoms with Crippen LogP contribution in [0.15, 0.2) is 24.4 Å². The van der Waals surface area contributed by atoms with Gasteiger partial charge >= 0.3 is 0 Å². The van der Waals surface area contributed by atoms with E-state index in [2.05, 4.69) is 10.2 Å². The first kappa shape index (κ1) is 13.9. The molecule has 2 aliphatic rings. The van der Waals surface area contributed by atoms with Gasteiger partial charge in [-0.25, -0.2) is 0 Å². The highest BCUT2D eigenvalue weighted by Gasteiger charge is 2.32. The van der Waals surface area contributed by atoms with Crippen molar-refractivity contribution in [3.8, 4) is 11.5 Å². The van der Waals surface area contributed by atoms with Crippen molar-refractivity contribution in [3.63, 3.8) is 0 Å². The van der Waals surface area contributed by atoms with Gasteiger partial charge in [0.15, 0.2) is 11.5 Å². The summed E-state index contributed by atoms with van der Waals surface area (Å²) in [6.45, 7) is 2.28. The van der Waals surface area contributed by atoms with Crippen LogP contribution in [0.4, 0.5) is 5.69 Å². The Labute approximate surface area is 133 Å². The Bertz CT molecular complexity index is 743. The molecule has 1 fully saturated rings. The predicted octanol–water partition coefficient (Wildman–Crippen LogP) is 1.39. The lowest BCUT2D eigenvalue weighted by molar-refractivity contribution is 0.0780. The van der Waals surface area contributed by atoms with E-state index < -0.39 is 0 Å². The van der Waals surface area contributed by atoms with E-state index in [0.717, 1.165) is 12.1 Å². The Balaban J connectivity index is 1.56. The molecule has 1 aromatic carbocycles. The fourth-order valence-corrected chi connectivity index (χ4v) is 3.23. The molecule has 0 radical (unpaired) electrons. The lowest BCUT2D eigenvalue weighted by atomic mass is 10.0. The van der Waals surface area contributed by atoms with Crippen LogP contribution in [-0.4, -0.2) is 47.3 Å². The number of fused-ring (bicyclic) bond motifs is 1. The third-order valence-electron chi connectivity index (χ3n) is 4.38. The number of rotatable bonds is 2. The van der Waals surface area contributed by atoms with Crippen molar-refractivity contribution in [3.05, 3.63) is 35.7 Å². The molecule has 2 aromatic rings. The van der Waals surface area contributed by atoms with Gasteiger partial charge in [-0.15, -0.1) is 0 Å². The van der Waals surface area contributed by atoms with Gasteiger partial charge in [0.05, 0.1) is 23.1 Å². The van der Waals surface area contributed by atoms with Crippen molar-refractivity contribution in [2.24, 2.45) is 0 Å². The molecular formula is C16H18N4O3. The molecule has 0 saturated carbocycles. The maximum atomic E-state index is 12.9. The second-order valence-electron chi connectivity index (χ2n) is 5.81. The molecule has 7 nitrogen and oxygen atoms in total. The van der Waals surface area contributed by atoms with Gasteiger partial charge in [-0.05, 0) is 18.6 Å². The topological polar surface area (TPSA) is 93.5 Å². The molecule has 7 heteroatoms. The van der Waals surface area contributed by atoms with Crippen LogP contribution in [0.2, 0.25) is 0 Å². The molecule has 1 amide bonds. The molecule has 3 N–H and O–H groups in total. The van der Waals surface area contributed by atoms with Gasteiger partial charge in [-0.3, -0.25) is 9.89 Å². The van der Waals surface area contributed by atoms with Crippen LogP contribution >= 0.6 is 0 Å². The number of hydrogen-bond donors (Lipinski definition) is 2. The lowest BCUT2D eigenvalue weighted by Gasteiger charge is -2.23. The van der Waals surface area contributed by atoms with Crippen molar-refractivity contribution in [2.75, 3.05) is 32.0 Å². The van der Waals surface area contributed by atoms with E-state index in [1.54, 1.807) is 12.3 Å². The number of nitrogens with two attached hydrogens (primary N) is 1. The molecule has 0 spiro atoms. The normalized spacial score (nSPS) is 19.8. The third kappa shape index (κ3) is 2.38. The minimum atomic E-state index is -0.0343. The molecule has 1 aromatic heterocycles. The maximum absolute atomic E-state index is 12.9. The number of benzene rings is 1. The molecule has 4 rings (SSSR count). The molecule has 120 valence electrons. The van der Waals surface area contributed by atoms with Gasteiger partial charge in [-0.2, -0.15) is 5.10 Å². The van der Waals surface area contributed by atoms with E-state index in [9.17, 15) is 4.79 Å². The zero-order valence-electron chi connectivity index (χ0n) is 12.6. The molecule has 1 unspecified atom stereocenters. The van der Waals surface area contributed by atoms with E-state index in [4.69, 9.17) is 15.2 Å². The zero-order chi connectivity index (χ0) is 15.8. The number of ether oxygens (including phenoxy) is 2. The van der Waals surface area contributed by atoms with Gasteiger partial charge in [0.25, 0.3) is 5.91 Å². The number of aromatic nitrogens is 2. The van der Waals surface area contributed by atoms with Crippen LogP contribution < -0.4 is 15.2 Å². The summed E-state index contributed by atoms with van der Waals surface area (Å²) >= 11 is 0. The summed E-state index contributed by atoms with van der Waals surface area (Å²) < 4.78 is 11.2. The van der Waals surface area contributed by atoms with Gasteiger partial charge in [0, 0.05) is 19.0 Å². The molecule has 0 aliphatic carbocycles. The number of nitrogen functional groups attached to an aromatic ring is 1. The first-order chi connectivity index (χ1) is 11.2. The lowest BCUT2D eigenvalue weighted by Crippen LogP contribution is -2.30. The van der Waals surface area contributed by atoms with Crippen LogP contribution in [0, 0.1) is 0 Å². The van der Waals surface area contributed by atoms with Crippen LogP contribution in [0.1, 0.15) is 28.4 Å². The van der Waals surface area contributed by atoms with Crippen molar-refractivity contribution in [1.82, 2.24) is 15.1 Å². The highest BCUT2D eigenvalue weighted by Crippen LogP contribution is 2.36. The Morgan fingerprint density at radius 2 is 2.22 bits per heavy atom. The third-order valence-corrected chi connectivity index (χ3v) is 4.38. The first-order valence-electron chi connectivity index (χ1n) is 7.70. The number of hydrogen-bond acceptors (Lipinski definition) is 5. The minimum Gasteiger partial charge on any atom is -0.486 e. The summed E-state index contributed by atoms with van der Waals surface area (Å²) in [5, 5.41) is 6.90. The van der Waals surface area contributed by atoms with E-state index in [1.165, 1.54) is 0 Å². The number of carbonyl (C=O) groups is 1. The molecule has 1 saturated heterocycles. The van der Waals surface area contributed by atoms with E-state index in [1.807, 2.05) is 17.0 Å². The summed E-state index contributed by atoms with van der Waals surface area (Å²) in [5.74, 6) is 1.34. The van der Waals surface area contributed by atoms with Gasteiger partial charge in [-0.1, -0.05) is 6.07 Å². The largest absolute Gasteiger partial charge is 0.486 e. The molecule has 3 heterocycles. The van der Waals surface area contributed by atoms with E-state index >= 15 is 0 Å². The SMILES string of the molecule is Nc1cn[nH]c1C1CCN(C(=O)c2cccc3c2OCCO3)C1. The number of nitrogens with one attached hydrogen (secondary N) is 1. The Morgan fingerprint density at radius 3 is 3.04 bits per heavy atom. The Morgan fingerprint density at radius 1 is 1.35 bits per heavy atom. The molecule has 23 heavy (non-hydrogen) atoms. The second kappa shape index (κ2) is 5.49. The highest BCUT2D eigenvalue weighted by atomic mass is 16.6. The number of para-hydroxylation sites is 1. The van der Waals surface area contributed by atoms with Gasteiger partial charge in [0.1, 0.15) is 13.2 Å². The first-order valence-corrected chi connectivity index (χ1v) is 7.70. The monoisotopic (exact) mass is 314 g/mol. The fourth-order valence-electron chi connectivity index (χ4n) is 3.23. The number of aromatic amines is 1. The standard InChI is InChI=1S/C16H18N4O3/c17-12-8-18-19-14(12)10-4-5-20(9-10)16(21)11-2-1-3-13-15(11)23-7-6-22-13/h1-3,8,10H,4-7,9,17H2,(H,18,19). The Kier molecular flexibility index (Phi) is 3.33. The molecular weight excluding hydrogens is 296 g/mol. The van der Waals surface area contributed by atoms with Crippen molar-refractivity contribution < 1.29 is 14.3 Å². The summed E-state index contributed by atoms with van der Waals surface area (Å²) in [4.78, 5) is 14.7. The van der Waals surface area contributed by atoms with Crippen molar-refractivity contribution >= 4 is 11.6 Å². The molecule has 1 atom stereocenters. The van der Waals surface area contributed by atoms with Crippen LogP contribution in [-0.2, 0) is 0 Å². The second-order valence-corrected chi connectivity index (χ2v) is 5.81. The van der Waals surface area contributed by atoms with Crippen LogP contribution in [0.25, 0.3) is 0 Å². The molecule has 0 bridgehead atoms. The number of amides is 1. The number of H-pyrrole nitrogens is 1. The van der Waals surface area contributed by atoms with Crippen LogP contribution in [0.5, 0.6) is 11.5 Å². The smallest absolute Gasteiger partial charge is 0.257 e. The van der Waals surface area contributed by atoms with Crippen LogP contribution in [0.3, 0.4) is 0 Å². The summed E-state index contributed by atoms with van der Waals surface area (Å²) in [5.41, 5.74) is 8.03. The zero-order valence-corrected chi connectivity index (χ0v) is 12.6. The van der Waals surface area contributed by atoms with E-state index in [-0.39, 0.29) is 11.8 Å². The molecule has 2 aliphatic heterocycles. The van der Waals surface area contributed by atoms with Crippen molar-refractivity contribution in [1.29, 1.82) is 0 Å². The summed E-state index contributed by atoms with van der Waals surface area (Å²) in [6.07, 6.45) is 2.48. The van der Waals surface area contributed by atoms with Gasteiger partial charge < -0.3 is 20.1 Å². The number of carbonyl (C=O) groups excluding carboxylic acids is 1. The summed E-state index contributed by atoms with van der Waals surface area (Å²) in [6, 6.07) is 5.43. The predicted molar refractivity (Wildman–Crippen MR) is 83.7 cm³/mol. The average molecular weight is 314 g/mol. The van der Waals surface area contributed by atoms with E-state index in [0.29, 0.717) is 49.1 Å². The number of nitrogens with zero attached hydrogens (tertiary/aromatic N) is 2. The Hall–Kier alpha value is -2.70. The summed E-state index contributed by atoms with van der Waals surface area (Å²) in [7, 11) is 0. The highest BCUT2D eigenvalue weighted by molar-refractivity contribution is 5.98. The maximum Gasteiger partial charge on any atom is 0.257 e. The quantitative estimate of drug-likeness (QED) is 0.874.